The lowest BCUT2D eigenvalue weighted by atomic mass is 10.2. The van der Waals surface area contributed by atoms with Crippen LogP contribution < -0.4 is 9.88 Å². The van der Waals surface area contributed by atoms with Crippen molar-refractivity contribution in [3.63, 3.8) is 0 Å². The molecule has 1 fully saturated rings. The molecule has 20 heavy (non-hydrogen) atoms. The summed E-state index contributed by atoms with van der Waals surface area (Å²) in [5.41, 5.74) is 0.360. The number of primary sulfonamides is 1. The summed E-state index contributed by atoms with van der Waals surface area (Å²) >= 11 is 0. The van der Waals surface area contributed by atoms with Crippen molar-refractivity contribution < 1.29 is 13.2 Å². The van der Waals surface area contributed by atoms with E-state index in [4.69, 9.17) is 9.88 Å². The largest absolute Gasteiger partial charge is 0.493 e. The van der Waals surface area contributed by atoms with Crippen LogP contribution in [0, 0.1) is 5.92 Å². The highest BCUT2D eigenvalue weighted by Crippen LogP contribution is 2.33. The Kier molecular flexibility index (Phi) is 3.35. The molecule has 0 radical (unpaired) electrons. The molecule has 0 atom stereocenters. The van der Waals surface area contributed by atoms with Crippen LogP contribution in [0.15, 0.2) is 35.4 Å². The average Bonchev–Trinajstić information content (AvgIpc) is 3.21. The van der Waals surface area contributed by atoms with E-state index in [0.717, 1.165) is 12.3 Å². The first-order valence-electron chi connectivity index (χ1n) is 6.59. The van der Waals surface area contributed by atoms with Gasteiger partial charge in [0.1, 0.15) is 10.6 Å². The van der Waals surface area contributed by atoms with Crippen LogP contribution in [0.2, 0.25) is 0 Å². The minimum atomic E-state index is -3.79. The van der Waals surface area contributed by atoms with Gasteiger partial charge in [-0.3, -0.25) is 4.98 Å². The number of nitrogens with two attached hydrogens (primary N) is 1. The molecule has 1 aliphatic rings. The summed E-state index contributed by atoms with van der Waals surface area (Å²) in [6.45, 7) is 0.642. The number of rotatable bonds is 5. The van der Waals surface area contributed by atoms with Crippen LogP contribution in [0.5, 0.6) is 5.75 Å². The third kappa shape index (κ3) is 2.76. The highest BCUT2D eigenvalue weighted by Gasteiger charge is 2.21. The molecule has 0 aliphatic heterocycles. The highest BCUT2D eigenvalue weighted by molar-refractivity contribution is 7.89. The molecule has 0 saturated heterocycles. The van der Waals surface area contributed by atoms with Gasteiger partial charge in [0, 0.05) is 11.6 Å². The van der Waals surface area contributed by atoms with Crippen LogP contribution in [0.1, 0.15) is 19.3 Å². The molecule has 2 N–H and O–H groups in total. The van der Waals surface area contributed by atoms with Gasteiger partial charge < -0.3 is 4.74 Å². The monoisotopic (exact) mass is 292 g/mol. The number of hydrogen-bond acceptors (Lipinski definition) is 4. The highest BCUT2D eigenvalue weighted by atomic mass is 32.2. The van der Waals surface area contributed by atoms with E-state index in [0.29, 0.717) is 23.3 Å². The second-order valence-electron chi connectivity index (χ2n) is 5.09. The maximum absolute atomic E-state index is 11.6. The minimum Gasteiger partial charge on any atom is -0.493 e. The molecule has 0 unspecified atom stereocenters. The zero-order valence-corrected chi connectivity index (χ0v) is 11.8. The number of ether oxygens (including phenoxy) is 1. The van der Waals surface area contributed by atoms with Crippen LogP contribution in [-0.2, 0) is 10.0 Å². The van der Waals surface area contributed by atoms with Crippen molar-refractivity contribution >= 4 is 20.9 Å². The Morgan fingerprint density at radius 2 is 2.10 bits per heavy atom. The first-order valence-corrected chi connectivity index (χ1v) is 8.13. The van der Waals surface area contributed by atoms with Gasteiger partial charge in [-0.1, -0.05) is 12.8 Å². The lowest BCUT2D eigenvalue weighted by Gasteiger charge is -2.10. The fourth-order valence-electron chi connectivity index (χ4n) is 2.22. The van der Waals surface area contributed by atoms with Gasteiger partial charge in [-0.2, -0.15) is 0 Å². The smallest absolute Gasteiger partial charge is 0.240 e. The number of pyridine rings is 1. The van der Waals surface area contributed by atoms with Crippen LogP contribution in [0.3, 0.4) is 0 Å². The van der Waals surface area contributed by atoms with Crippen LogP contribution in [0.4, 0.5) is 0 Å². The maximum Gasteiger partial charge on any atom is 0.240 e. The molecule has 6 heteroatoms. The standard InChI is InChI=1S/C14H16N2O3S/c15-20(17,18)13-6-5-12(19-9-7-10-3-4-10)11-2-1-8-16-14(11)13/h1-2,5-6,8,10H,3-4,7,9H2,(H2,15,17,18). The first-order chi connectivity index (χ1) is 9.55. The second-order valence-corrected chi connectivity index (χ2v) is 6.62. The third-order valence-corrected chi connectivity index (χ3v) is 4.42. The van der Waals surface area contributed by atoms with Gasteiger partial charge in [-0.25, -0.2) is 13.6 Å². The minimum absolute atomic E-state index is 0.0302. The first kappa shape index (κ1) is 13.3. The Bertz CT molecular complexity index is 739. The Balaban J connectivity index is 1.97. The van der Waals surface area contributed by atoms with Crippen molar-refractivity contribution in [2.45, 2.75) is 24.2 Å². The summed E-state index contributed by atoms with van der Waals surface area (Å²) in [7, 11) is -3.79. The normalized spacial score (nSPS) is 15.4. The molecule has 5 nitrogen and oxygen atoms in total. The van der Waals surface area contributed by atoms with Crippen molar-refractivity contribution in [2.24, 2.45) is 11.1 Å². The number of benzene rings is 1. The number of sulfonamides is 1. The van der Waals surface area contributed by atoms with Crippen molar-refractivity contribution in [3.05, 3.63) is 30.5 Å². The molecule has 0 amide bonds. The summed E-state index contributed by atoms with van der Waals surface area (Å²) in [4.78, 5) is 4.15. The van der Waals surface area contributed by atoms with E-state index >= 15 is 0 Å². The van der Waals surface area contributed by atoms with E-state index in [1.54, 1.807) is 24.4 Å². The summed E-state index contributed by atoms with van der Waals surface area (Å²) in [5.74, 6) is 1.45. The summed E-state index contributed by atoms with van der Waals surface area (Å²) in [5, 5.41) is 5.89. The fourth-order valence-corrected chi connectivity index (χ4v) is 2.91. The zero-order chi connectivity index (χ0) is 14.2. The second kappa shape index (κ2) is 5.03. The van der Waals surface area contributed by atoms with E-state index in [2.05, 4.69) is 4.98 Å². The lowest BCUT2D eigenvalue weighted by Crippen LogP contribution is -2.13. The number of nitrogens with zero attached hydrogens (tertiary/aromatic N) is 1. The average molecular weight is 292 g/mol. The number of aromatic nitrogens is 1. The van der Waals surface area contributed by atoms with Crippen LogP contribution >= 0.6 is 0 Å². The molecule has 106 valence electrons. The van der Waals surface area contributed by atoms with Gasteiger partial charge in [0.05, 0.1) is 12.1 Å². The Labute approximate surface area is 117 Å². The molecule has 1 aromatic carbocycles. The van der Waals surface area contributed by atoms with Crippen molar-refractivity contribution in [2.75, 3.05) is 6.61 Å². The van der Waals surface area contributed by atoms with Gasteiger partial charge in [0.15, 0.2) is 0 Å². The molecule has 3 rings (SSSR count). The lowest BCUT2D eigenvalue weighted by molar-refractivity contribution is 0.306. The molecule has 1 heterocycles. The van der Waals surface area contributed by atoms with Crippen LogP contribution in [-0.4, -0.2) is 20.0 Å². The SMILES string of the molecule is NS(=O)(=O)c1ccc(OCCC2CC2)c2cccnc12. The van der Waals surface area contributed by atoms with Crippen molar-refractivity contribution in [3.8, 4) is 5.75 Å². The molecular formula is C14H16N2O3S. The maximum atomic E-state index is 11.6. The van der Waals surface area contributed by atoms with Crippen molar-refractivity contribution in [1.82, 2.24) is 4.98 Å². The van der Waals surface area contributed by atoms with E-state index < -0.39 is 10.0 Å². The molecule has 1 aromatic heterocycles. The summed E-state index contributed by atoms with van der Waals surface area (Å²) in [6.07, 6.45) is 5.16. The van der Waals surface area contributed by atoms with Gasteiger partial charge in [-0.05, 0) is 36.6 Å². The zero-order valence-electron chi connectivity index (χ0n) is 11.0. The topological polar surface area (TPSA) is 82.3 Å². The predicted octanol–water partition coefficient (Wildman–Crippen LogP) is 2.06. The van der Waals surface area contributed by atoms with Gasteiger partial charge in [-0.15, -0.1) is 0 Å². The van der Waals surface area contributed by atoms with Gasteiger partial charge >= 0.3 is 0 Å². The van der Waals surface area contributed by atoms with E-state index in [-0.39, 0.29) is 4.90 Å². The number of fused-ring (bicyclic) bond motifs is 1. The molecule has 0 bridgehead atoms. The third-order valence-electron chi connectivity index (χ3n) is 3.48. The van der Waals surface area contributed by atoms with E-state index in [9.17, 15) is 8.42 Å². The molecular weight excluding hydrogens is 276 g/mol. The quantitative estimate of drug-likeness (QED) is 0.914. The van der Waals surface area contributed by atoms with Gasteiger partial charge in [0.25, 0.3) is 0 Å². The Hall–Kier alpha value is -1.66. The van der Waals surface area contributed by atoms with Crippen LogP contribution in [0.25, 0.3) is 10.9 Å². The fraction of sp³-hybridized carbons (Fsp3) is 0.357. The van der Waals surface area contributed by atoms with E-state index in [1.807, 2.05) is 0 Å². The summed E-state index contributed by atoms with van der Waals surface area (Å²) in [6, 6.07) is 6.65. The predicted molar refractivity (Wildman–Crippen MR) is 76.0 cm³/mol. The van der Waals surface area contributed by atoms with Crippen molar-refractivity contribution in [1.29, 1.82) is 0 Å². The van der Waals surface area contributed by atoms with E-state index in [1.165, 1.54) is 18.9 Å². The Morgan fingerprint density at radius 1 is 1.30 bits per heavy atom. The summed E-state index contributed by atoms with van der Waals surface area (Å²) < 4.78 is 28.9. The Morgan fingerprint density at radius 3 is 2.80 bits per heavy atom. The molecule has 1 aliphatic carbocycles. The molecule has 1 saturated carbocycles. The number of hydrogen-bond donors (Lipinski definition) is 1. The molecule has 0 spiro atoms. The molecule has 2 aromatic rings. The van der Waals surface area contributed by atoms with Gasteiger partial charge in [0.2, 0.25) is 10.0 Å².